The number of nitrogens with zero attached hydrogens (tertiary/aromatic N) is 4. The molecule has 0 radical (unpaired) electrons. The van der Waals surface area contributed by atoms with Crippen molar-refractivity contribution >= 4 is 27.5 Å². The first-order valence-corrected chi connectivity index (χ1v) is 11.2. The zero-order chi connectivity index (χ0) is 23.2. The maximum absolute atomic E-state index is 12.6. The van der Waals surface area contributed by atoms with Gasteiger partial charge in [0.15, 0.2) is 0 Å². The Hall–Kier alpha value is -2.51. The van der Waals surface area contributed by atoms with Crippen LogP contribution < -0.4 is 5.32 Å². The lowest BCUT2D eigenvalue weighted by Gasteiger charge is -2.33. The average Bonchev–Trinajstić information content (AvgIpc) is 3.37. The van der Waals surface area contributed by atoms with Gasteiger partial charge in [-0.2, -0.15) is 0 Å². The lowest BCUT2D eigenvalue weighted by Crippen LogP contribution is -2.41. The van der Waals surface area contributed by atoms with E-state index in [9.17, 15) is 18.0 Å². The van der Waals surface area contributed by atoms with Crippen LogP contribution in [0.2, 0.25) is 0 Å². The van der Waals surface area contributed by atoms with Crippen molar-refractivity contribution in [3.05, 3.63) is 46.5 Å². The highest BCUT2D eigenvalue weighted by Gasteiger charge is 2.42. The van der Waals surface area contributed by atoms with Crippen molar-refractivity contribution in [1.29, 1.82) is 0 Å². The molecule has 1 saturated carbocycles. The van der Waals surface area contributed by atoms with E-state index < -0.39 is 18.6 Å². The molecule has 1 aliphatic heterocycles. The van der Waals surface area contributed by atoms with E-state index in [0.29, 0.717) is 36.0 Å². The summed E-state index contributed by atoms with van der Waals surface area (Å²) in [4.78, 5) is 16.9. The largest absolute Gasteiger partial charge is 0.522 e. The van der Waals surface area contributed by atoms with Gasteiger partial charge in [0, 0.05) is 22.8 Å². The highest BCUT2D eigenvalue weighted by Crippen LogP contribution is 2.41. The maximum atomic E-state index is 12.6. The number of alkyl halides is 3. The molecule has 1 amide bonds. The number of hydrogen-bond donors (Lipinski definition) is 1. The van der Waals surface area contributed by atoms with Gasteiger partial charge in [0.25, 0.3) is 5.91 Å². The first-order valence-electron chi connectivity index (χ1n) is 10.4. The van der Waals surface area contributed by atoms with Crippen molar-refractivity contribution in [2.24, 2.45) is 0 Å². The monoisotopic (exact) mass is 529 g/mol. The third-order valence-electron chi connectivity index (χ3n) is 5.74. The van der Waals surface area contributed by atoms with Crippen molar-refractivity contribution in [3.8, 4) is 0 Å². The van der Waals surface area contributed by atoms with E-state index in [2.05, 4.69) is 41.2 Å². The van der Waals surface area contributed by atoms with Crippen LogP contribution in [0.4, 0.5) is 13.2 Å². The molecule has 13 heteroatoms. The molecule has 1 saturated heterocycles. The fourth-order valence-corrected chi connectivity index (χ4v) is 4.30. The van der Waals surface area contributed by atoms with Crippen LogP contribution in [0.5, 0.6) is 0 Å². The molecule has 1 N–H and O–H groups in total. The Labute approximate surface area is 193 Å². The number of aromatic nitrogens is 4. The van der Waals surface area contributed by atoms with Gasteiger partial charge in [-0.05, 0) is 37.8 Å². The molecule has 2 fully saturated rings. The predicted octanol–water partition coefficient (Wildman–Crippen LogP) is 3.91. The summed E-state index contributed by atoms with van der Waals surface area (Å²) in [5, 5.41) is 10.9. The standard InChI is InChI=1S/C20H19BrF3N5O4/c21-11-3-4-29-8-14(26-16(29)7-11)17(30)25-12-1-2-15(31-9-12)19-28-27-18(32-19)10-5-13(6-10)33-20(22,23)24/h3-4,7-8,10,12-13,15H,1-2,5-6,9H2,(H,25,30)/t10?,12-,13?,15+/m1/s1. The molecule has 176 valence electrons. The molecule has 0 bridgehead atoms. The van der Waals surface area contributed by atoms with Crippen LogP contribution in [0.25, 0.3) is 5.65 Å². The van der Waals surface area contributed by atoms with E-state index in [-0.39, 0.29) is 37.3 Å². The molecule has 4 heterocycles. The van der Waals surface area contributed by atoms with Crippen LogP contribution in [-0.4, -0.2) is 50.6 Å². The Kier molecular flexibility index (Phi) is 5.87. The minimum atomic E-state index is -4.64. The highest BCUT2D eigenvalue weighted by molar-refractivity contribution is 9.10. The summed E-state index contributed by atoms with van der Waals surface area (Å²) < 4.78 is 54.8. The Bertz CT molecular complexity index is 1150. The van der Waals surface area contributed by atoms with Crippen molar-refractivity contribution in [3.63, 3.8) is 0 Å². The molecule has 2 atom stereocenters. The minimum Gasteiger partial charge on any atom is -0.422 e. The van der Waals surface area contributed by atoms with E-state index in [0.717, 1.165) is 4.47 Å². The number of hydrogen-bond acceptors (Lipinski definition) is 7. The number of ether oxygens (including phenoxy) is 2. The zero-order valence-corrected chi connectivity index (χ0v) is 18.7. The lowest BCUT2D eigenvalue weighted by molar-refractivity contribution is -0.352. The van der Waals surface area contributed by atoms with E-state index >= 15 is 0 Å². The Morgan fingerprint density at radius 3 is 2.76 bits per heavy atom. The Balaban J connectivity index is 1.11. The average molecular weight is 530 g/mol. The van der Waals surface area contributed by atoms with E-state index in [4.69, 9.17) is 9.15 Å². The van der Waals surface area contributed by atoms with Gasteiger partial charge in [-0.25, -0.2) is 4.98 Å². The van der Waals surface area contributed by atoms with Gasteiger partial charge >= 0.3 is 6.36 Å². The molecule has 1 aliphatic carbocycles. The third kappa shape index (κ3) is 5.04. The molecule has 0 aromatic carbocycles. The third-order valence-corrected chi connectivity index (χ3v) is 6.24. The number of fused-ring (bicyclic) bond motifs is 1. The molecule has 0 unspecified atom stereocenters. The number of rotatable bonds is 5. The highest BCUT2D eigenvalue weighted by atomic mass is 79.9. The van der Waals surface area contributed by atoms with Crippen molar-refractivity contribution in [2.75, 3.05) is 6.61 Å². The smallest absolute Gasteiger partial charge is 0.422 e. The quantitative estimate of drug-likeness (QED) is 0.534. The van der Waals surface area contributed by atoms with Gasteiger partial charge < -0.3 is 18.9 Å². The summed E-state index contributed by atoms with van der Waals surface area (Å²) in [5.74, 6) is 0.0493. The van der Waals surface area contributed by atoms with Gasteiger partial charge in [0.05, 0.1) is 18.8 Å². The topological polar surface area (TPSA) is 104 Å². The summed E-state index contributed by atoms with van der Waals surface area (Å²) in [7, 11) is 0. The zero-order valence-electron chi connectivity index (χ0n) is 17.1. The van der Waals surface area contributed by atoms with E-state index in [1.165, 1.54) is 0 Å². The summed E-state index contributed by atoms with van der Waals surface area (Å²) in [5.41, 5.74) is 0.967. The van der Waals surface area contributed by atoms with Crippen LogP contribution >= 0.6 is 15.9 Å². The number of carbonyl (C=O) groups is 1. The molecule has 9 nitrogen and oxygen atoms in total. The van der Waals surface area contributed by atoms with Gasteiger partial charge in [0.2, 0.25) is 11.8 Å². The molecule has 33 heavy (non-hydrogen) atoms. The first-order chi connectivity index (χ1) is 15.7. The van der Waals surface area contributed by atoms with Crippen LogP contribution in [0, 0.1) is 0 Å². The fourth-order valence-electron chi connectivity index (χ4n) is 3.98. The van der Waals surface area contributed by atoms with Crippen molar-refractivity contribution in [2.45, 2.75) is 56.2 Å². The van der Waals surface area contributed by atoms with Crippen LogP contribution in [0.15, 0.2) is 33.4 Å². The minimum absolute atomic E-state index is 0.181. The molecule has 3 aromatic heterocycles. The molecular weight excluding hydrogens is 511 g/mol. The Morgan fingerprint density at radius 2 is 2.03 bits per heavy atom. The number of imidazole rings is 1. The van der Waals surface area contributed by atoms with Crippen molar-refractivity contribution < 1.29 is 31.9 Å². The lowest BCUT2D eigenvalue weighted by atomic mass is 9.82. The molecule has 2 aliphatic rings. The predicted molar refractivity (Wildman–Crippen MR) is 109 cm³/mol. The first kappa shape index (κ1) is 22.3. The second-order valence-electron chi connectivity index (χ2n) is 8.14. The maximum Gasteiger partial charge on any atom is 0.522 e. The summed E-state index contributed by atoms with van der Waals surface area (Å²) in [6.07, 6.45) is -0.920. The molecule has 3 aromatic rings. The van der Waals surface area contributed by atoms with Gasteiger partial charge in [0.1, 0.15) is 17.4 Å². The number of carbonyl (C=O) groups excluding carboxylic acids is 1. The number of pyridine rings is 1. The molecule has 5 rings (SSSR count). The summed E-state index contributed by atoms with van der Waals surface area (Å²) >= 11 is 3.38. The van der Waals surface area contributed by atoms with Crippen LogP contribution in [-0.2, 0) is 9.47 Å². The van der Waals surface area contributed by atoms with Crippen LogP contribution in [0.1, 0.15) is 60.0 Å². The number of amides is 1. The second-order valence-corrected chi connectivity index (χ2v) is 9.05. The SMILES string of the molecule is O=C(N[C@@H]1CC[C@@H](c2nnc(C3CC(OC(F)(F)F)C3)o2)OC1)c1cn2ccc(Br)cc2n1. The number of halogens is 4. The van der Waals surface area contributed by atoms with Gasteiger partial charge in [-0.15, -0.1) is 23.4 Å². The van der Waals surface area contributed by atoms with Gasteiger partial charge in [-0.3, -0.25) is 9.53 Å². The Morgan fingerprint density at radius 1 is 1.24 bits per heavy atom. The van der Waals surface area contributed by atoms with E-state index in [1.54, 1.807) is 10.6 Å². The van der Waals surface area contributed by atoms with Crippen LogP contribution in [0.3, 0.4) is 0 Å². The summed E-state index contributed by atoms with van der Waals surface area (Å²) in [6.45, 7) is 0.262. The molecular formula is C20H19BrF3N5O4. The molecule has 0 spiro atoms. The van der Waals surface area contributed by atoms with Crippen molar-refractivity contribution in [1.82, 2.24) is 24.9 Å². The second kappa shape index (κ2) is 8.69. The fraction of sp³-hybridized carbons (Fsp3) is 0.500. The summed E-state index contributed by atoms with van der Waals surface area (Å²) in [6, 6.07) is 3.48. The van der Waals surface area contributed by atoms with E-state index in [1.807, 2.05) is 18.3 Å². The number of nitrogens with one attached hydrogen (secondary N) is 1. The normalized spacial score (nSPS) is 25.7. The van der Waals surface area contributed by atoms with Gasteiger partial charge in [-0.1, -0.05) is 15.9 Å².